The second kappa shape index (κ2) is 5.15. The molecule has 1 aromatic carbocycles. The Balaban J connectivity index is 0.000000810. The van der Waals surface area contributed by atoms with E-state index in [0.717, 1.165) is 5.56 Å². The van der Waals surface area contributed by atoms with Gasteiger partial charge in [-0.05, 0) is 24.6 Å². The van der Waals surface area contributed by atoms with Gasteiger partial charge in [0.2, 0.25) is 0 Å². The molecule has 0 bridgehead atoms. The molecule has 10 heavy (non-hydrogen) atoms. The van der Waals surface area contributed by atoms with Crippen LogP contribution in [0.4, 0.5) is 0 Å². The van der Waals surface area contributed by atoms with Crippen molar-refractivity contribution in [3.63, 3.8) is 0 Å². The van der Waals surface area contributed by atoms with Crippen molar-refractivity contribution in [2.45, 2.75) is 6.92 Å². The number of aryl methyl sites for hydroxylation is 1. The molecule has 0 saturated carbocycles. The van der Waals surface area contributed by atoms with Gasteiger partial charge in [0.15, 0.2) is 0 Å². The van der Waals surface area contributed by atoms with E-state index in [1.54, 1.807) is 6.07 Å². The molecule has 48 valence electrons. The Labute approximate surface area is 113 Å². The number of halogens is 2. The molecule has 0 atom stereocenters. The number of hydrogen-bond acceptors (Lipinski definition) is 0. The summed E-state index contributed by atoms with van der Waals surface area (Å²) in [6, 6.07) is 5.55. The van der Waals surface area contributed by atoms with E-state index < -0.39 is 0 Å². The smallest absolute Gasteiger partial charge is 0.0827 e. The van der Waals surface area contributed by atoms with Gasteiger partial charge in [-0.2, -0.15) is 0 Å². The van der Waals surface area contributed by atoms with Crippen LogP contribution in [-0.2, 0) is 0 Å². The van der Waals surface area contributed by atoms with Crippen LogP contribution in [0.1, 0.15) is 5.56 Å². The Morgan fingerprint density at radius 1 is 1.10 bits per heavy atom. The van der Waals surface area contributed by atoms with Crippen LogP contribution in [0, 0.1) is 6.92 Å². The summed E-state index contributed by atoms with van der Waals surface area (Å²) in [4.78, 5) is 0. The van der Waals surface area contributed by atoms with Gasteiger partial charge in [0, 0.05) is 0 Å². The summed E-state index contributed by atoms with van der Waals surface area (Å²) < 4.78 is 0. The Kier molecular flexibility index (Phi) is 5.89. The minimum Gasteiger partial charge on any atom is -0.0827 e. The fourth-order valence-electron chi connectivity index (χ4n) is 0.601. The molecule has 0 spiro atoms. The molecule has 0 nitrogen and oxygen atoms in total. The van der Waals surface area contributed by atoms with Crippen LogP contribution in [0.3, 0.4) is 0 Å². The van der Waals surface area contributed by atoms with Gasteiger partial charge in [-0.25, -0.2) is 0 Å². The van der Waals surface area contributed by atoms with Crippen molar-refractivity contribution in [1.29, 1.82) is 0 Å². The summed E-state index contributed by atoms with van der Waals surface area (Å²) in [5, 5.41) is 1.24. The van der Waals surface area contributed by atoms with Gasteiger partial charge in [0.05, 0.1) is 10.0 Å². The molecule has 0 aliphatic rings. The van der Waals surface area contributed by atoms with Crippen molar-refractivity contribution >= 4 is 23.2 Å². The summed E-state index contributed by atoms with van der Waals surface area (Å²) in [7, 11) is 0. The summed E-state index contributed by atoms with van der Waals surface area (Å²) in [6.07, 6.45) is 0. The fourth-order valence-corrected chi connectivity index (χ4v) is 0.954. The van der Waals surface area contributed by atoms with Crippen LogP contribution in [-0.4, -0.2) is 0 Å². The molecule has 0 saturated heterocycles. The third-order valence-corrected chi connectivity index (χ3v) is 1.81. The predicted octanol–water partition coefficient (Wildman–Crippen LogP) is 0.306. The third kappa shape index (κ3) is 3.22. The molecule has 0 unspecified atom stereocenters. The van der Waals surface area contributed by atoms with E-state index in [-0.39, 0.29) is 51.4 Å². The van der Waals surface area contributed by atoms with Gasteiger partial charge in [-0.1, -0.05) is 29.3 Å². The zero-order valence-corrected chi connectivity index (χ0v) is 10.6. The zero-order valence-electron chi connectivity index (χ0n) is 5.99. The van der Waals surface area contributed by atoms with Gasteiger partial charge >= 0.3 is 51.4 Å². The molecular weight excluding hydrogens is 194 g/mol. The second-order valence-electron chi connectivity index (χ2n) is 1.92. The van der Waals surface area contributed by atoms with E-state index >= 15 is 0 Å². The van der Waals surface area contributed by atoms with Crippen LogP contribution >= 0.6 is 23.2 Å². The van der Waals surface area contributed by atoms with Gasteiger partial charge < -0.3 is 0 Å². The number of benzene rings is 1. The second-order valence-corrected chi connectivity index (χ2v) is 2.73. The van der Waals surface area contributed by atoms with E-state index in [0.29, 0.717) is 10.0 Å². The molecular formula is C7H6Cl2K+. The van der Waals surface area contributed by atoms with Gasteiger partial charge in [0.25, 0.3) is 0 Å². The van der Waals surface area contributed by atoms with Crippen LogP contribution in [0.5, 0.6) is 0 Å². The quantitative estimate of drug-likeness (QED) is 0.528. The fraction of sp³-hybridized carbons (Fsp3) is 0.143. The first-order valence-electron chi connectivity index (χ1n) is 2.62. The van der Waals surface area contributed by atoms with E-state index in [1.165, 1.54) is 0 Å². The molecule has 1 aromatic rings. The number of hydrogen-bond donors (Lipinski definition) is 0. The summed E-state index contributed by atoms with van der Waals surface area (Å²) in [5.74, 6) is 0. The molecule has 0 radical (unpaired) electrons. The monoisotopic (exact) mass is 199 g/mol. The summed E-state index contributed by atoms with van der Waals surface area (Å²) in [6.45, 7) is 1.97. The first-order valence-corrected chi connectivity index (χ1v) is 3.37. The molecule has 0 aliphatic heterocycles. The van der Waals surface area contributed by atoms with Crippen molar-refractivity contribution in [3.8, 4) is 0 Å². The molecule has 0 amide bonds. The minimum absolute atomic E-state index is 0. The topological polar surface area (TPSA) is 0 Å². The van der Waals surface area contributed by atoms with Crippen molar-refractivity contribution in [3.05, 3.63) is 33.8 Å². The molecule has 3 heteroatoms. The predicted molar refractivity (Wildman–Crippen MR) is 41.2 cm³/mol. The van der Waals surface area contributed by atoms with Crippen molar-refractivity contribution in [2.24, 2.45) is 0 Å². The van der Waals surface area contributed by atoms with Gasteiger partial charge in [-0.15, -0.1) is 0 Å². The molecule has 0 N–H and O–H groups in total. The van der Waals surface area contributed by atoms with E-state index in [1.807, 2.05) is 19.1 Å². The van der Waals surface area contributed by atoms with Crippen molar-refractivity contribution in [1.82, 2.24) is 0 Å². The number of rotatable bonds is 0. The first-order chi connectivity index (χ1) is 4.20. The Morgan fingerprint density at radius 3 is 2.10 bits per heavy atom. The molecule has 0 aliphatic carbocycles. The standard InChI is InChI=1S/C7H6Cl2.K/c1-5-2-3-6(8)7(9)4-5;/h2-4H,1H3;/q;+1. The molecule has 0 aromatic heterocycles. The maximum atomic E-state index is 5.68. The summed E-state index contributed by atoms with van der Waals surface area (Å²) >= 11 is 11.3. The average molecular weight is 200 g/mol. The van der Waals surface area contributed by atoms with E-state index in [9.17, 15) is 0 Å². The first kappa shape index (κ1) is 11.4. The SMILES string of the molecule is Cc1ccc(Cl)c(Cl)c1.[K+]. The van der Waals surface area contributed by atoms with E-state index in [4.69, 9.17) is 23.2 Å². The third-order valence-electron chi connectivity index (χ3n) is 1.08. The maximum Gasteiger partial charge on any atom is 1.00 e. The largest absolute Gasteiger partial charge is 1.00 e. The van der Waals surface area contributed by atoms with Crippen molar-refractivity contribution < 1.29 is 51.4 Å². The Hall–Kier alpha value is 1.44. The van der Waals surface area contributed by atoms with E-state index in [2.05, 4.69) is 0 Å². The maximum absolute atomic E-state index is 5.68. The molecule has 0 heterocycles. The Bertz CT molecular complexity index is 223. The van der Waals surface area contributed by atoms with Crippen LogP contribution in [0.2, 0.25) is 10.0 Å². The van der Waals surface area contributed by atoms with Crippen LogP contribution < -0.4 is 51.4 Å². The van der Waals surface area contributed by atoms with Crippen LogP contribution in [0.15, 0.2) is 18.2 Å². The van der Waals surface area contributed by atoms with Crippen LogP contribution in [0.25, 0.3) is 0 Å². The Morgan fingerprint density at radius 2 is 1.70 bits per heavy atom. The molecule has 1 rings (SSSR count). The normalized spacial score (nSPS) is 8.70. The minimum atomic E-state index is 0. The molecule has 0 fully saturated rings. The van der Waals surface area contributed by atoms with Gasteiger partial charge in [0.1, 0.15) is 0 Å². The van der Waals surface area contributed by atoms with Crippen molar-refractivity contribution in [2.75, 3.05) is 0 Å². The summed E-state index contributed by atoms with van der Waals surface area (Å²) in [5.41, 5.74) is 1.13. The average Bonchev–Trinajstić information content (AvgIpc) is 1.80. The zero-order chi connectivity index (χ0) is 6.85. The van der Waals surface area contributed by atoms with Gasteiger partial charge in [-0.3, -0.25) is 0 Å².